The van der Waals surface area contributed by atoms with Crippen molar-refractivity contribution in [2.24, 2.45) is 5.92 Å². The summed E-state index contributed by atoms with van der Waals surface area (Å²) in [5.41, 5.74) is 2.19. The van der Waals surface area contributed by atoms with Gasteiger partial charge in [-0.15, -0.1) is 0 Å². The smallest absolute Gasteiger partial charge is 0.226 e. The highest BCUT2D eigenvalue weighted by Crippen LogP contribution is 2.33. The summed E-state index contributed by atoms with van der Waals surface area (Å²) in [5.74, 6) is 1.50. The summed E-state index contributed by atoms with van der Waals surface area (Å²) in [6.45, 7) is 1.82. The number of benzene rings is 1. The summed E-state index contributed by atoms with van der Waals surface area (Å²) in [7, 11) is 0. The van der Waals surface area contributed by atoms with Gasteiger partial charge in [0.25, 0.3) is 0 Å². The second kappa shape index (κ2) is 6.46. The summed E-state index contributed by atoms with van der Waals surface area (Å²) in [6, 6.07) is 6.52. The molecule has 1 aromatic rings. The van der Waals surface area contributed by atoms with Crippen LogP contribution >= 0.6 is 0 Å². The Bertz CT molecular complexity index is 650. The lowest BCUT2D eigenvalue weighted by molar-refractivity contribution is -0.133. The minimum absolute atomic E-state index is 0.134. The maximum atomic E-state index is 12.3. The number of amides is 2. The van der Waals surface area contributed by atoms with E-state index in [0.29, 0.717) is 32.2 Å². The summed E-state index contributed by atoms with van der Waals surface area (Å²) in [6.07, 6.45) is 5.53. The quantitative estimate of drug-likeness (QED) is 0.900. The van der Waals surface area contributed by atoms with Crippen LogP contribution in [0.5, 0.6) is 5.75 Å². The van der Waals surface area contributed by atoms with E-state index in [1.54, 1.807) is 0 Å². The Kier molecular flexibility index (Phi) is 4.17. The molecule has 5 nitrogen and oxygen atoms in total. The third kappa shape index (κ3) is 3.71. The zero-order chi connectivity index (χ0) is 16.5. The van der Waals surface area contributed by atoms with E-state index < -0.39 is 0 Å². The lowest BCUT2D eigenvalue weighted by Crippen LogP contribution is -2.33. The number of carbonyl (C=O) groups excluding carboxylic acids is 2. The van der Waals surface area contributed by atoms with Crippen LogP contribution < -0.4 is 10.1 Å². The Morgan fingerprint density at radius 2 is 2.04 bits per heavy atom. The molecule has 2 fully saturated rings. The highest BCUT2D eigenvalue weighted by molar-refractivity contribution is 5.81. The molecule has 2 amide bonds. The Morgan fingerprint density at radius 1 is 1.21 bits per heavy atom. The van der Waals surface area contributed by atoms with E-state index in [1.165, 1.54) is 0 Å². The first kappa shape index (κ1) is 15.5. The molecule has 2 aliphatic carbocycles. The number of aryl methyl sites for hydroxylation is 1. The Balaban J connectivity index is 1.40. The monoisotopic (exact) mass is 328 g/mol. The molecular formula is C19H24N2O3. The molecule has 0 unspecified atom stereocenters. The van der Waals surface area contributed by atoms with Crippen LogP contribution in [0.4, 0.5) is 0 Å². The first-order valence-corrected chi connectivity index (χ1v) is 9.02. The highest BCUT2D eigenvalue weighted by Gasteiger charge is 2.34. The highest BCUT2D eigenvalue weighted by atomic mass is 16.5. The molecule has 0 saturated heterocycles. The van der Waals surface area contributed by atoms with Crippen molar-refractivity contribution in [3.05, 3.63) is 29.3 Å². The fourth-order valence-electron chi connectivity index (χ4n) is 3.17. The molecule has 4 rings (SSSR count). The molecular weight excluding hydrogens is 304 g/mol. The number of hydrogen-bond acceptors (Lipinski definition) is 3. The molecule has 5 heteroatoms. The molecule has 1 N–H and O–H groups in total. The number of nitrogens with zero attached hydrogens (tertiary/aromatic N) is 1. The van der Waals surface area contributed by atoms with Gasteiger partial charge >= 0.3 is 0 Å². The summed E-state index contributed by atoms with van der Waals surface area (Å²) < 4.78 is 5.80. The van der Waals surface area contributed by atoms with Crippen LogP contribution in [0.25, 0.3) is 0 Å². The van der Waals surface area contributed by atoms with Crippen molar-refractivity contribution in [2.45, 2.75) is 51.1 Å². The normalized spacial score (nSPS) is 19.9. The van der Waals surface area contributed by atoms with Crippen LogP contribution in [-0.4, -0.2) is 35.9 Å². The fraction of sp³-hybridized carbons (Fsp3) is 0.579. The van der Waals surface area contributed by atoms with Crippen LogP contribution in [0, 0.1) is 5.92 Å². The predicted octanol–water partition coefficient (Wildman–Crippen LogP) is 2.03. The van der Waals surface area contributed by atoms with Crippen molar-refractivity contribution in [3.63, 3.8) is 0 Å². The van der Waals surface area contributed by atoms with E-state index in [1.807, 2.05) is 17.0 Å². The zero-order valence-electron chi connectivity index (χ0n) is 13.9. The van der Waals surface area contributed by atoms with Gasteiger partial charge in [0.1, 0.15) is 12.4 Å². The van der Waals surface area contributed by atoms with Gasteiger partial charge in [-0.05, 0) is 43.7 Å². The first-order chi connectivity index (χ1) is 11.7. The standard InChI is InChI=1S/C19H24N2O3/c22-18(20-16-5-6-16)8-2-13-1-7-17-15(11-13)12-21(9-10-24-17)19(23)14-3-4-14/h1,7,11,14,16H,2-6,8-10,12H2,(H,20,22). The van der Waals surface area contributed by atoms with Crippen LogP contribution in [0.1, 0.15) is 43.2 Å². The molecule has 2 saturated carbocycles. The lowest BCUT2D eigenvalue weighted by Gasteiger charge is -2.19. The molecule has 1 heterocycles. The minimum Gasteiger partial charge on any atom is -0.491 e. The summed E-state index contributed by atoms with van der Waals surface area (Å²) in [4.78, 5) is 26.1. The molecule has 0 spiro atoms. The first-order valence-electron chi connectivity index (χ1n) is 9.02. The van der Waals surface area contributed by atoms with Gasteiger partial charge in [0.2, 0.25) is 11.8 Å². The molecule has 1 aliphatic heterocycles. The largest absolute Gasteiger partial charge is 0.491 e. The average molecular weight is 328 g/mol. The Labute approximate surface area is 142 Å². The maximum Gasteiger partial charge on any atom is 0.226 e. The molecule has 1 aromatic carbocycles. The van der Waals surface area contributed by atoms with Crippen LogP contribution in [0.2, 0.25) is 0 Å². The summed E-state index contributed by atoms with van der Waals surface area (Å²) >= 11 is 0. The topological polar surface area (TPSA) is 58.6 Å². The molecule has 24 heavy (non-hydrogen) atoms. The van der Waals surface area contributed by atoms with Gasteiger partial charge in [-0.2, -0.15) is 0 Å². The van der Waals surface area contributed by atoms with Crippen molar-refractivity contribution >= 4 is 11.8 Å². The maximum absolute atomic E-state index is 12.3. The van der Waals surface area contributed by atoms with Crippen molar-refractivity contribution in [1.82, 2.24) is 10.2 Å². The third-order valence-corrected chi connectivity index (χ3v) is 4.93. The van der Waals surface area contributed by atoms with Crippen molar-refractivity contribution < 1.29 is 14.3 Å². The van der Waals surface area contributed by atoms with E-state index in [2.05, 4.69) is 11.4 Å². The number of rotatable bonds is 5. The Hall–Kier alpha value is -2.04. The molecule has 0 atom stereocenters. The lowest BCUT2D eigenvalue weighted by atomic mass is 10.0. The number of hydrogen-bond donors (Lipinski definition) is 1. The van der Waals surface area contributed by atoms with E-state index in [-0.39, 0.29) is 17.7 Å². The van der Waals surface area contributed by atoms with Crippen molar-refractivity contribution in [2.75, 3.05) is 13.2 Å². The van der Waals surface area contributed by atoms with Gasteiger partial charge in [0.15, 0.2) is 0 Å². The summed E-state index contributed by atoms with van der Waals surface area (Å²) in [5, 5.41) is 3.02. The number of nitrogens with one attached hydrogen (secondary N) is 1. The van der Waals surface area contributed by atoms with Gasteiger partial charge in [0, 0.05) is 30.5 Å². The zero-order valence-corrected chi connectivity index (χ0v) is 13.9. The van der Waals surface area contributed by atoms with Gasteiger partial charge < -0.3 is 15.0 Å². The SMILES string of the molecule is O=C(CCc1ccc2c(c1)CN(C(=O)C1CC1)CCO2)NC1CC1. The second-order valence-electron chi connectivity index (χ2n) is 7.17. The minimum atomic E-state index is 0.134. The van der Waals surface area contributed by atoms with E-state index >= 15 is 0 Å². The van der Waals surface area contributed by atoms with Crippen LogP contribution in [0.15, 0.2) is 18.2 Å². The van der Waals surface area contributed by atoms with Gasteiger partial charge in [0.05, 0.1) is 6.54 Å². The number of fused-ring (bicyclic) bond motifs is 1. The number of carbonyl (C=O) groups is 2. The van der Waals surface area contributed by atoms with Crippen LogP contribution in [-0.2, 0) is 22.6 Å². The van der Waals surface area contributed by atoms with E-state index in [9.17, 15) is 9.59 Å². The van der Waals surface area contributed by atoms with Gasteiger partial charge in [-0.1, -0.05) is 12.1 Å². The fourth-order valence-corrected chi connectivity index (χ4v) is 3.17. The molecule has 0 radical (unpaired) electrons. The molecule has 0 aromatic heterocycles. The average Bonchev–Trinajstić information content (AvgIpc) is 3.46. The molecule has 3 aliphatic rings. The van der Waals surface area contributed by atoms with Crippen LogP contribution in [0.3, 0.4) is 0 Å². The molecule has 0 bridgehead atoms. The van der Waals surface area contributed by atoms with E-state index in [0.717, 1.165) is 49.0 Å². The van der Waals surface area contributed by atoms with Crippen molar-refractivity contribution in [1.29, 1.82) is 0 Å². The Morgan fingerprint density at radius 3 is 2.79 bits per heavy atom. The van der Waals surface area contributed by atoms with Gasteiger partial charge in [-0.3, -0.25) is 9.59 Å². The second-order valence-corrected chi connectivity index (χ2v) is 7.17. The third-order valence-electron chi connectivity index (χ3n) is 4.93. The van der Waals surface area contributed by atoms with E-state index in [4.69, 9.17) is 4.74 Å². The predicted molar refractivity (Wildman–Crippen MR) is 89.6 cm³/mol. The number of ether oxygens (including phenoxy) is 1. The molecule has 128 valence electrons. The van der Waals surface area contributed by atoms with Crippen molar-refractivity contribution in [3.8, 4) is 5.75 Å². The van der Waals surface area contributed by atoms with Gasteiger partial charge in [-0.25, -0.2) is 0 Å².